The number of guanidine groups is 1. The molecule has 1 unspecified atom stereocenters. The third kappa shape index (κ3) is 6.46. The molecule has 29 heavy (non-hydrogen) atoms. The Kier molecular flexibility index (Phi) is 8.35. The fraction of sp³-hybridized carbons (Fsp3) is 0.652. The van der Waals surface area contributed by atoms with E-state index in [1.165, 1.54) is 32.2 Å². The molecule has 2 fully saturated rings. The summed E-state index contributed by atoms with van der Waals surface area (Å²) in [5.74, 6) is 0.822. The zero-order valence-corrected chi connectivity index (χ0v) is 18.1. The van der Waals surface area contributed by atoms with Crippen molar-refractivity contribution in [1.29, 1.82) is 0 Å². The lowest BCUT2D eigenvalue weighted by atomic mass is 10.2. The van der Waals surface area contributed by atoms with Crippen molar-refractivity contribution >= 4 is 11.9 Å². The van der Waals surface area contributed by atoms with E-state index in [1.807, 2.05) is 30.0 Å². The summed E-state index contributed by atoms with van der Waals surface area (Å²) < 4.78 is 0. The molecule has 1 aliphatic heterocycles. The van der Waals surface area contributed by atoms with Crippen LogP contribution in [0.25, 0.3) is 0 Å². The van der Waals surface area contributed by atoms with E-state index in [0.29, 0.717) is 19.1 Å². The fourth-order valence-electron chi connectivity index (χ4n) is 4.45. The molecule has 1 aliphatic carbocycles. The second-order valence-corrected chi connectivity index (χ2v) is 8.15. The molecule has 1 heterocycles. The molecule has 2 aliphatic rings. The molecule has 1 atom stereocenters. The molecule has 0 radical (unpaired) electrons. The van der Waals surface area contributed by atoms with Crippen molar-refractivity contribution < 1.29 is 4.79 Å². The van der Waals surface area contributed by atoms with Gasteiger partial charge in [-0.3, -0.25) is 9.69 Å². The number of nitrogens with one attached hydrogen (secondary N) is 2. The maximum atomic E-state index is 12.7. The summed E-state index contributed by atoms with van der Waals surface area (Å²) in [6, 6.07) is 11.3. The lowest BCUT2D eigenvalue weighted by molar-refractivity contribution is -0.130. The highest BCUT2D eigenvalue weighted by Gasteiger charge is 2.30. The van der Waals surface area contributed by atoms with Crippen LogP contribution in [-0.2, 0) is 11.3 Å². The normalized spacial score (nSPS) is 20.8. The van der Waals surface area contributed by atoms with Gasteiger partial charge in [0, 0.05) is 44.8 Å². The average Bonchev–Trinajstić information content (AvgIpc) is 3.43. The quantitative estimate of drug-likeness (QED) is 0.521. The van der Waals surface area contributed by atoms with Crippen molar-refractivity contribution in [1.82, 2.24) is 20.4 Å². The van der Waals surface area contributed by atoms with Gasteiger partial charge in [0.05, 0.1) is 0 Å². The van der Waals surface area contributed by atoms with E-state index in [2.05, 4.69) is 39.6 Å². The largest absolute Gasteiger partial charge is 0.357 e. The molecule has 1 aromatic carbocycles. The Morgan fingerprint density at radius 1 is 1.17 bits per heavy atom. The zero-order valence-electron chi connectivity index (χ0n) is 18.1. The number of benzene rings is 1. The van der Waals surface area contributed by atoms with Crippen LogP contribution in [0.2, 0.25) is 0 Å². The van der Waals surface area contributed by atoms with Gasteiger partial charge in [-0.1, -0.05) is 43.2 Å². The minimum absolute atomic E-state index is 0.0626. The summed E-state index contributed by atoms with van der Waals surface area (Å²) in [5.41, 5.74) is 1.15. The molecule has 1 aromatic rings. The van der Waals surface area contributed by atoms with Gasteiger partial charge < -0.3 is 15.5 Å². The minimum atomic E-state index is 0.0626. The minimum Gasteiger partial charge on any atom is -0.357 e. The summed E-state index contributed by atoms with van der Waals surface area (Å²) in [7, 11) is 0. The third-order valence-electron chi connectivity index (χ3n) is 6.07. The highest BCUT2D eigenvalue weighted by molar-refractivity contribution is 5.85. The monoisotopic (exact) mass is 399 g/mol. The van der Waals surface area contributed by atoms with Crippen LogP contribution in [0.5, 0.6) is 0 Å². The van der Waals surface area contributed by atoms with Crippen LogP contribution in [0.4, 0.5) is 0 Å². The first-order valence-electron chi connectivity index (χ1n) is 11.3. The average molecular weight is 400 g/mol. The number of rotatable bonds is 8. The predicted octanol–water partition coefficient (Wildman–Crippen LogP) is 2.61. The maximum absolute atomic E-state index is 12.7. The molecule has 1 saturated carbocycles. The van der Waals surface area contributed by atoms with Crippen molar-refractivity contribution in [2.45, 2.75) is 64.6 Å². The fourth-order valence-corrected chi connectivity index (χ4v) is 4.45. The smallest absolute Gasteiger partial charge is 0.244 e. The number of hydrogen-bond acceptors (Lipinski definition) is 3. The summed E-state index contributed by atoms with van der Waals surface area (Å²) in [6.07, 6.45) is 6.60. The number of likely N-dealkylation sites (N-methyl/N-ethyl adjacent to an activating group) is 1. The number of aliphatic imine (C=N–C) groups is 1. The van der Waals surface area contributed by atoms with Crippen molar-refractivity contribution in [3.8, 4) is 0 Å². The van der Waals surface area contributed by atoms with Gasteiger partial charge in [0.2, 0.25) is 5.91 Å². The molecule has 6 heteroatoms. The highest BCUT2D eigenvalue weighted by Crippen LogP contribution is 2.26. The number of likely N-dealkylation sites (tertiary alicyclic amines) is 1. The third-order valence-corrected chi connectivity index (χ3v) is 6.07. The van der Waals surface area contributed by atoms with E-state index in [-0.39, 0.29) is 12.5 Å². The molecule has 2 N–H and O–H groups in total. The standard InChI is InChI=1S/C23H37N5O/c1-3-24-23(26-20-14-15-28(18-20)21-12-8-9-13-21)25-16-22(29)27(4-2)17-19-10-6-5-7-11-19/h5-7,10-11,20-21H,3-4,8-9,12-18H2,1-2H3,(H2,24,25,26). The van der Waals surface area contributed by atoms with Gasteiger partial charge in [-0.2, -0.15) is 0 Å². The number of carbonyl (C=O) groups is 1. The Balaban J connectivity index is 1.51. The van der Waals surface area contributed by atoms with Crippen LogP contribution in [-0.4, -0.2) is 66.5 Å². The first kappa shape index (κ1) is 21.6. The maximum Gasteiger partial charge on any atom is 0.244 e. The highest BCUT2D eigenvalue weighted by atomic mass is 16.2. The Bertz CT molecular complexity index is 656. The van der Waals surface area contributed by atoms with Crippen molar-refractivity contribution in [2.75, 3.05) is 32.7 Å². The number of nitrogens with zero attached hydrogens (tertiary/aromatic N) is 3. The van der Waals surface area contributed by atoms with Crippen LogP contribution in [0.3, 0.4) is 0 Å². The van der Waals surface area contributed by atoms with E-state index in [9.17, 15) is 4.79 Å². The van der Waals surface area contributed by atoms with Gasteiger partial charge in [-0.15, -0.1) is 0 Å². The van der Waals surface area contributed by atoms with Gasteiger partial charge >= 0.3 is 0 Å². The molecular formula is C23H37N5O. The molecule has 6 nitrogen and oxygen atoms in total. The number of carbonyl (C=O) groups excluding carboxylic acids is 1. The van der Waals surface area contributed by atoms with Crippen LogP contribution in [0.15, 0.2) is 35.3 Å². The van der Waals surface area contributed by atoms with E-state index in [0.717, 1.165) is 37.1 Å². The number of amides is 1. The molecular weight excluding hydrogens is 362 g/mol. The SMILES string of the molecule is CCNC(=NCC(=O)N(CC)Cc1ccccc1)NC1CCN(C2CCCC2)C1. The summed E-state index contributed by atoms with van der Waals surface area (Å²) in [6.45, 7) is 8.62. The lowest BCUT2D eigenvalue weighted by Gasteiger charge is -2.24. The second kappa shape index (κ2) is 11.2. The molecule has 3 rings (SSSR count). The van der Waals surface area contributed by atoms with Gasteiger partial charge in [0.15, 0.2) is 5.96 Å². The summed E-state index contributed by atoms with van der Waals surface area (Å²) >= 11 is 0. The van der Waals surface area contributed by atoms with Crippen molar-refractivity contribution in [3.05, 3.63) is 35.9 Å². The van der Waals surface area contributed by atoms with Crippen LogP contribution >= 0.6 is 0 Å². The molecule has 0 spiro atoms. The van der Waals surface area contributed by atoms with Gasteiger partial charge in [0.1, 0.15) is 6.54 Å². The first-order chi connectivity index (χ1) is 14.2. The van der Waals surface area contributed by atoms with Crippen LogP contribution in [0.1, 0.15) is 51.5 Å². The molecule has 1 amide bonds. The van der Waals surface area contributed by atoms with E-state index < -0.39 is 0 Å². The van der Waals surface area contributed by atoms with Gasteiger partial charge in [-0.25, -0.2) is 4.99 Å². The Labute approximate surface area is 175 Å². The van der Waals surface area contributed by atoms with Crippen molar-refractivity contribution in [2.24, 2.45) is 4.99 Å². The molecule has 0 bridgehead atoms. The Morgan fingerprint density at radius 3 is 2.62 bits per heavy atom. The topological polar surface area (TPSA) is 60.0 Å². The van der Waals surface area contributed by atoms with Gasteiger partial charge in [-0.05, 0) is 38.7 Å². The summed E-state index contributed by atoms with van der Waals surface area (Å²) in [5, 5.41) is 6.86. The zero-order chi connectivity index (χ0) is 20.5. The second-order valence-electron chi connectivity index (χ2n) is 8.15. The van der Waals surface area contributed by atoms with Crippen LogP contribution < -0.4 is 10.6 Å². The van der Waals surface area contributed by atoms with E-state index >= 15 is 0 Å². The Hall–Kier alpha value is -2.08. The predicted molar refractivity (Wildman–Crippen MR) is 119 cm³/mol. The van der Waals surface area contributed by atoms with Crippen molar-refractivity contribution in [3.63, 3.8) is 0 Å². The first-order valence-corrected chi connectivity index (χ1v) is 11.3. The molecule has 160 valence electrons. The van der Waals surface area contributed by atoms with E-state index in [1.54, 1.807) is 0 Å². The van der Waals surface area contributed by atoms with Crippen LogP contribution in [0, 0.1) is 0 Å². The Morgan fingerprint density at radius 2 is 1.93 bits per heavy atom. The lowest BCUT2D eigenvalue weighted by Crippen LogP contribution is -2.45. The van der Waals surface area contributed by atoms with E-state index in [4.69, 9.17) is 0 Å². The molecule has 0 aromatic heterocycles. The van der Waals surface area contributed by atoms with Gasteiger partial charge in [0.25, 0.3) is 0 Å². The molecule has 1 saturated heterocycles. The number of hydrogen-bond donors (Lipinski definition) is 2. The summed E-state index contributed by atoms with van der Waals surface area (Å²) in [4.78, 5) is 21.8.